The molecular formula is C22H18IN5O5. The fourth-order valence-corrected chi connectivity index (χ4v) is 3.58. The Kier molecular flexibility index (Phi) is 7.98. The number of halogens is 1. The highest BCUT2D eigenvalue weighted by molar-refractivity contribution is 14.1. The molecule has 3 N–H and O–H groups in total. The van der Waals surface area contributed by atoms with Gasteiger partial charge in [-0.05, 0) is 47.2 Å². The van der Waals surface area contributed by atoms with Gasteiger partial charge in [0.2, 0.25) is 5.95 Å². The van der Waals surface area contributed by atoms with Crippen LogP contribution in [0.5, 0.6) is 11.5 Å². The van der Waals surface area contributed by atoms with Crippen LogP contribution in [0.1, 0.15) is 18.1 Å². The Morgan fingerprint density at radius 1 is 1.33 bits per heavy atom. The Morgan fingerprint density at radius 3 is 2.76 bits per heavy atom. The molecule has 0 amide bonds. The minimum Gasteiger partial charge on any atom is -0.490 e. The number of hydrazone groups is 1. The lowest BCUT2D eigenvalue weighted by Crippen LogP contribution is -2.16. The number of aromatic amines is 1. The van der Waals surface area contributed by atoms with E-state index < -0.39 is 18.1 Å². The topological polar surface area (TPSA) is 150 Å². The first kappa shape index (κ1) is 23.7. The number of nitrogens with one attached hydrogen (secondary N) is 2. The van der Waals surface area contributed by atoms with Crippen molar-refractivity contribution in [3.05, 3.63) is 67.5 Å². The van der Waals surface area contributed by atoms with Gasteiger partial charge in [-0.2, -0.15) is 10.4 Å². The van der Waals surface area contributed by atoms with Crippen molar-refractivity contribution in [2.24, 2.45) is 5.10 Å². The fraction of sp³-hybridized carbons (Fsp3) is 0.136. The van der Waals surface area contributed by atoms with Crippen molar-refractivity contribution in [2.45, 2.75) is 6.92 Å². The van der Waals surface area contributed by atoms with Gasteiger partial charge in [-0.1, -0.05) is 30.3 Å². The zero-order valence-electron chi connectivity index (χ0n) is 17.3. The Labute approximate surface area is 202 Å². The van der Waals surface area contributed by atoms with E-state index in [0.29, 0.717) is 32.8 Å². The molecule has 168 valence electrons. The molecule has 1 aromatic heterocycles. The highest BCUT2D eigenvalue weighted by atomic mass is 127. The number of benzene rings is 2. The molecule has 0 spiro atoms. The van der Waals surface area contributed by atoms with Gasteiger partial charge in [0.15, 0.2) is 18.1 Å². The lowest BCUT2D eigenvalue weighted by Gasteiger charge is -2.13. The normalized spacial score (nSPS) is 10.6. The molecule has 0 bridgehead atoms. The van der Waals surface area contributed by atoms with Crippen molar-refractivity contribution in [3.63, 3.8) is 0 Å². The maximum Gasteiger partial charge on any atom is 0.341 e. The van der Waals surface area contributed by atoms with Crippen LogP contribution in [-0.4, -0.2) is 40.5 Å². The van der Waals surface area contributed by atoms with E-state index in [1.54, 1.807) is 43.3 Å². The summed E-state index contributed by atoms with van der Waals surface area (Å²) in [7, 11) is 0. The number of aromatic nitrogens is 2. The number of H-pyrrole nitrogens is 1. The Morgan fingerprint density at radius 2 is 2.09 bits per heavy atom. The van der Waals surface area contributed by atoms with Gasteiger partial charge in [-0.25, -0.2) is 15.2 Å². The number of anilines is 1. The quantitative estimate of drug-likeness (QED) is 0.206. The third-order valence-electron chi connectivity index (χ3n) is 4.13. The Bertz CT molecular complexity index is 1280. The van der Waals surface area contributed by atoms with Gasteiger partial charge < -0.3 is 14.6 Å². The molecule has 2 aromatic carbocycles. The van der Waals surface area contributed by atoms with Crippen LogP contribution >= 0.6 is 22.6 Å². The number of carboxylic acids is 1. The lowest BCUT2D eigenvalue weighted by molar-refractivity contribution is -0.139. The molecule has 10 nitrogen and oxygen atoms in total. The van der Waals surface area contributed by atoms with Crippen LogP contribution < -0.4 is 20.5 Å². The predicted octanol–water partition coefficient (Wildman–Crippen LogP) is 3.22. The average molecular weight is 559 g/mol. The maximum atomic E-state index is 12.3. The predicted molar refractivity (Wildman–Crippen MR) is 130 cm³/mol. The van der Waals surface area contributed by atoms with Crippen LogP contribution in [0.25, 0.3) is 11.3 Å². The summed E-state index contributed by atoms with van der Waals surface area (Å²) < 4.78 is 11.5. The number of ether oxygens (including phenoxy) is 2. The van der Waals surface area contributed by atoms with Crippen molar-refractivity contribution in [1.82, 2.24) is 9.97 Å². The van der Waals surface area contributed by atoms with Crippen molar-refractivity contribution in [2.75, 3.05) is 18.6 Å². The summed E-state index contributed by atoms with van der Waals surface area (Å²) in [6, 6.07) is 14.2. The van der Waals surface area contributed by atoms with Gasteiger partial charge in [0.25, 0.3) is 5.56 Å². The fourth-order valence-electron chi connectivity index (χ4n) is 2.80. The number of nitriles is 1. The molecule has 3 rings (SSSR count). The zero-order chi connectivity index (χ0) is 23.8. The van der Waals surface area contributed by atoms with E-state index in [1.165, 1.54) is 6.21 Å². The summed E-state index contributed by atoms with van der Waals surface area (Å²) in [4.78, 5) is 30.0. The smallest absolute Gasteiger partial charge is 0.341 e. The Hall–Kier alpha value is -3.92. The number of rotatable bonds is 9. The third kappa shape index (κ3) is 6.07. The second kappa shape index (κ2) is 11.1. The molecule has 0 aliphatic rings. The first-order valence-corrected chi connectivity index (χ1v) is 10.7. The molecule has 11 heteroatoms. The van der Waals surface area contributed by atoms with Crippen LogP contribution in [0, 0.1) is 14.9 Å². The highest BCUT2D eigenvalue weighted by Crippen LogP contribution is 2.34. The van der Waals surface area contributed by atoms with Crippen molar-refractivity contribution >= 4 is 40.7 Å². The van der Waals surface area contributed by atoms with Gasteiger partial charge >= 0.3 is 5.97 Å². The molecule has 0 saturated carbocycles. The number of carboxylic acid groups (broad SMARTS) is 1. The van der Waals surface area contributed by atoms with E-state index in [0.717, 1.165) is 0 Å². The molecule has 0 fully saturated rings. The number of carbonyl (C=O) groups is 1. The van der Waals surface area contributed by atoms with E-state index in [9.17, 15) is 14.9 Å². The number of hydrogen-bond donors (Lipinski definition) is 3. The van der Waals surface area contributed by atoms with Gasteiger partial charge in [-0.3, -0.25) is 9.78 Å². The van der Waals surface area contributed by atoms with E-state index in [-0.39, 0.29) is 17.2 Å². The summed E-state index contributed by atoms with van der Waals surface area (Å²) in [5.74, 6) is -0.323. The van der Waals surface area contributed by atoms with Gasteiger partial charge in [0.05, 0.1) is 22.1 Å². The molecule has 0 aliphatic carbocycles. The maximum absolute atomic E-state index is 12.3. The first-order chi connectivity index (χ1) is 15.9. The SMILES string of the molecule is CCOc1cc(C=NNc2nc(-c3ccccc3)c(C#N)c(=O)[nH]2)cc(I)c1OCC(=O)O. The van der Waals surface area contributed by atoms with E-state index in [2.05, 4.69) is 20.5 Å². The van der Waals surface area contributed by atoms with Crippen LogP contribution in [0.3, 0.4) is 0 Å². The Balaban J connectivity index is 1.87. The minimum atomic E-state index is -1.10. The summed E-state index contributed by atoms with van der Waals surface area (Å²) in [5.41, 5.74) is 3.49. The lowest BCUT2D eigenvalue weighted by atomic mass is 10.1. The van der Waals surface area contributed by atoms with Crippen LogP contribution in [-0.2, 0) is 4.79 Å². The molecule has 0 atom stereocenters. The second-order valence-corrected chi connectivity index (χ2v) is 7.59. The minimum absolute atomic E-state index is 0.0650. The van der Waals surface area contributed by atoms with Gasteiger partial charge in [-0.15, -0.1) is 0 Å². The van der Waals surface area contributed by atoms with Crippen LogP contribution in [0.4, 0.5) is 5.95 Å². The largest absolute Gasteiger partial charge is 0.490 e. The van der Waals surface area contributed by atoms with Crippen molar-refractivity contribution in [1.29, 1.82) is 5.26 Å². The summed E-state index contributed by atoms with van der Waals surface area (Å²) >= 11 is 2.01. The molecule has 0 saturated heterocycles. The molecular weight excluding hydrogens is 541 g/mol. The van der Waals surface area contributed by atoms with Gasteiger partial charge in [0.1, 0.15) is 11.6 Å². The zero-order valence-corrected chi connectivity index (χ0v) is 19.5. The van der Waals surface area contributed by atoms with Crippen molar-refractivity contribution in [3.8, 4) is 28.8 Å². The van der Waals surface area contributed by atoms with Gasteiger partial charge in [0, 0.05) is 5.56 Å². The summed E-state index contributed by atoms with van der Waals surface area (Å²) in [6.45, 7) is 1.66. The molecule has 0 unspecified atom stereocenters. The third-order valence-corrected chi connectivity index (χ3v) is 4.94. The second-order valence-electron chi connectivity index (χ2n) is 6.43. The standard InChI is InChI=1S/C22H18IN5O5/c1-2-32-17-9-13(8-16(23)20(17)33-12-18(29)30)11-25-28-22-26-19(14-6-4-3-5-7-14)15(10-24)21(31)27-22/h3-9,11H,2,12H2,1H3,(H,29,30)(H2,26,27,28,31). The number of nitrogens with zero attached hydrogens (tertiary/aromatic N) is 3. The average Bonchev–Trinajstić information content (AvgIpc) is 2.79. The summed E-state index contributed by atoms with van der Waals surface area (Å²) in [5, 5.41) is 22.3. The van der Waals surface area contributed by atoms with E-state index in [1.807, 2.05) is 34.7 Å². The van der Waals surface area contributed by atoms with Crippen LogP contribution in [0.2, 0.25) is 0 Å². The van der Waals surface area contributed by atoms with E-state index >= 15 is 0 Å². The highest BCUT2D eigenvalue weighted by Gasteiger charge is 2.14. The summed E-state index contributed by atoms with van der Waals surface area (Å²) in [6.07, 6.45) is 1.48. The van der Waals surface area contributed by atoms with Crippen molar-refractivity contribution < 1.29 is 19.4 Å². The molecule has 0 aliphatic heterocycles. The monoisotopic (exact) mass is 559 g/mol. The molecule has 1 heterocycles. The molecule has 3 aromatic rings. The van der Waals surface area contributed by atoms with E-state index in [4.69, 9.17) is 14.6 Å². The molecule has 0 radical (unpaired) electrons. The first-order valence-electron chi connectivity index (χ1n) is 9.62. The number of aliphatic carboxylic acids is 1. The van der Waals surface area contributed by atoms with Crippen LogP contribution in [0.15, 0.2) is 52.4 Å². The molecule has 33 heavy (non-hydrogen) atoms. The number of hydrogen-bond acceptors (Lipinski definition) is 8.